The van der Waals surface area contributed by atoms with Crippen molar-refractivity contribution in [3.8, 4) is 23.0 Å². The van der Waals surface area contributed by atoms with Crippen molar-refractivity contribution < 1.29 is 29.3 Å². The van der Waals surface area contributed by atoms with E-state index in [1.165, 1.54) is 38.1 Å². The van der Waals surface area contributed by atoms with Gasteiger partial charge in [0, 0.05) is 0 Å². The Morgan fingerprint density at radius 1 is 0.700 bits per heavy atom. The van der Waals surface area contributed by atoms with Gasteiger partial charge in [-0.2, -0.15) is 0 Å². The molecule has 6 nitrogen and oxygen atoms in total. The highest BCUT2D eigenvalue weighted by Gasteiger charge is 2.11. The minimum atomic E-state index is -0.245. The van der Waals surface area contributed by atoms with Crippen molar-refractivity contribution >= 4 is 11.6 Å². The van der Waals surface area contributed by atoms with Gasteiger partial charge in [0.05, 0.1) is 11.1 Å². The van der Waals surface area contributed by atoms with E-state index in [4.69, 9.17) is 9.47 Å². The monoisotopic (exact) mass is 406 g/mol. The van der Waals surface area contributed by atoms with Gasteiger partial charge in [-0.15, -0.1) is 0 Å². The van der Waals surface area contributed by atoms with E-state index in [0.29, 0.717) is 11.5 Å². The average molecular weight is 406 g/mol. The van der Waals surface area contributed by atoms with Crippen LogP contribution >= 0.6 is 0 Å². The molecule has 6 heteroatoms. The Bertz CT molecular complexity index is 1000. The number of aromatic hydroxyl groups is 2. The summed E-state index contributed by atoms with van der Waals surface area (Å²) in [5, 5.41) is 19.5. The summed E-state index contributed by atoms with van der Waals surface area (Å²) in [6.07, 6.45) is 0. The lowest BCUT2D eigenvalue weighted by Gasteiger charge is -2.13. The Morgan fingerprint density at radius 3 is 1.47 bits per heavy atom. The number of ketones is 2. The molecule has 0 aliphatic carbocycles. The Morgan fingerprint density at radius 2 is 1.10 bits per heavy atom. The zero-order valence-electron chi connectivity index (χ0n) is 16.7. The van der Waals surface area contributed by atoms with Crippen LogP contribution in [0.15, 0.2) is 60.7 Å². The highest BCUT2D eigenvalue weighted by molar-refractivity contribution is 5.97. The lowest BCUT2D eigenvalue weighted by atomic mass is 10.1. The molecule has 0 fully saturated rings. The standard InChI is InChI=1S/C24H22O6/c1-15(25)21-11-19(7-9-23(21)27)29-13-17-5-3-4-6-18(17)14-30-20-8-10-24(28)22(12-20)16(2)26/h3-12,27-28H,13-14H2,1-2H3. The normalized spacial score (nSPS) is 10.5. The van der Waals surface area contributed by atoms with E-state index < -0.39 is 0 Å². The second-order valence-corrected chi connectivity index (χ2v) is 6.82. The molecule has 2 N–H and O–H groups in total. The first-order chi connectivity index (χ1) is 14.3. The number of carbonyl (C=O) groups is 2. The van der Waals surface area contributed by atoms with Gasteiger partial charge < -0.3 is 19.7 Å². The highest BCUT2D eigenvalue weighted by Crippen LogP contribution is 2.26. The van der Waals surface area contributed by atoms with Gasteiger partial charge in [-0.3, -0.25) is 9.59 Å². The number of carbonyl (C=O) groups excluding carboxylic acids is 2. The molecule has 154 valence electrons. The summed E-state index contributed by atoms with van der Waals surface area (Å²) >= 11 is 0. The minimum Gasteiger partial charge on any atom is -0.507 e. The molecule has 3 aromatic rings. The van der Waals surface area contributed by atoms with Crippen LogP contribution in [0.3, 0.4) is 0 Å². The molecule has 3 aromatic carbocycles. The number of phenolic OH excluding ortho intramolecular Hbond substituents is 2. The van der Waals surface area contributed by atoms with E-state index in [2.05, 4.69) is 0 Å². The van der Waals surface area contributed by atoms with Crippen LogP contribution in [0.4, 0.5) is 0 Å². The molecule has 0 atom stereocenters. The van der Waals surface area contributed by atoms with Crippen molar-refractivity contribution in [2.45, 2.75) is 27.1 Å². The fraction of sp³-hybridized carbons (Fsp3) is 0.167. The minimum absolute atomic E-state index is 0.0810. The van der Waals surface area contributed by atoms with Gasteiger partial charge in [0.25, 0.3) is 0 Å². The second kappa shape index (κ2) is 9.13. The summed E-state index contributed by atoms with van der Waals surface area (Å²) in [4.78, 5) is 23.2. The van der Waals surface area contributed by atoms with Crippen LogP contribution in [0.25, 0.3) is 0 Å². The fourth-order valence-electron chi connectivity index (χ4n) is 2.94. The van der Waals surface area contributed by atoms with Crippen LogP contribution in [0.2, 0.25) is 0 Å². The SMILES string of the molecule is CC(=O)c1cc(OCc2ccccc2COc2ccc(O)c(C(C)=O)c2)ccc1O. The summed E-state index contributed by atoms with van der Waals surface area (Å²) in [7, 11) is 0. The first kappa shape index (κ1) is 20.9. The van der Waals surface area contributed by atoms with Crippen molar-refractivity contribution in [1.82, 2.24) is 0 Å². The number of Topliss-reactive ketones (excluding diaryl/α,β-unsaturated/α-hetero) is 2. The predicted molar refractivity (Wildman–Crippen MR) is 111 cm³/mol. The van der Waals surface area contributed by atoms with Crippen LogP contribution in [0.1, 0.15) is 45.7 Å². The topological polar surface area (TPSA) is 93.1 Å². The molecular formula is C24H22O6. The molecule has 0 radical (unpaired) electrons. The summed E-state index contributed by atoms with van der Waals surface area (Å²) in [5.41, 5.74) is 2.19. The van der Waals surface area contributed by atoms with E-state index in [-0.39, 0.29) is 47.4 Å². The molecule has 0 aromatic heterocycles. The van der Waals surface area contributed by atoms with Gasteiger partial charge in [0.15, 0.2) is 11.6 Å². The molecule has 0 unspecified atom stereocenters. The average Bonchev–Trinajstić information content (AvgIpc) is 2.72. The Balaban J connectivity index is 1.71. The van der Waals surface area contributed by atoms with Crippen LogP contribution in [0.5, 0.6) is 23.0 Å². The largest absolute Gasteiger partial charge is 0.507 e. The lowest BCUT2D eigenvalue weighted by Crippen LogP contribution is -2.04. The van der Waals surface area contributed by atoms with Crippen molar-refractivity contribution in [3.05, 3.63) is 82.9 Å². The highest BCUT2D eigenvalue weighted by atomic mass is 16.5. The molecule has 0 amide bonds. The van der Waals surface area contributed by atoms with Crippen LogP contribution in [-0.4, -0.2) is 21.8 Å². The maximum absolute atomic E-state index is 11.6. The molecule has 30 heavy (non-hydrogen) atoms. The third-order valence-corrected chi connectivity index (χ3v) is 4.60. The maximum Gasteiger partial charge on any atom is 0.163 e. The molecule has 0 saturated heterocycles. The summed E-state index contributed by atoms with van der Waals surface area (Å²) in [6, 6.07) is 16.7. The molecule has 0 spiro atoms. The van der Waals surface area contributed by atoms with E-state index in [0.717, 1.165) is 11.1 Å². The van der Waals surface area contributed by atoms with Crippen molar-refractivity contribution in [1.29, 1.82) is 0 Å². The first-order valence-electron chi connectivity index (χ1n) is 9.35. The quantitative estimate of drug-likeness (QED) is 0.529. The first-order valence-corrected chi connectivity index (χ1v) is 9.35. The van der Waals surface area contributed by atoms with E-state index in [9.17, 15) is 19.8 Å². The third kappa shape index (κ3) is 4.97. The van der Waals surface area contributed by atoms with Crippen molar-refractivity contribution in [2.75, 3.05) is 0 Å². The van der Waals surface area contributed by atoms with Gasteiger partial charge in [-0.05, 0) is 61.4 Å². The number of rotatable bonds is 8. The van der Waals surface area contributed by atoms with Crippen LogP contribution in [-0.2, 0) is 13.2 Å². The fourth-order valence-corrected chi connectivity index (χ4v) is 2.94. The Labute approximate surface area is 174 Å². The summed E-state index contributed by atoms with van der Waals surface area (Å²) < 4.78 is 11.6. The molecule has 0 aliphatic heterocycles. The Kier molecular flexibility index (Phi) is 6.37. The lowest BCUT2D eigenvalue weighted by molar-refractivity contribution is 0.100. The van der Waals surface area contributed by atoms with Crippen molar-refractivity contribution in [3.63, 3.8) is 0 Å². The maximum atomic E-state index is 11.6. The van der Waals surface area contributed by atoms with Gasteiger partial charge in [0.1, 0.15) is 36.2 Å². The number of hydrogen-bond donors (Lipinski definition) is 2. The molecule has 0 bridgehead atoms. The van der Waals surface area contributed by atoms with Gasteiger partial charge in [-0.1, -0.05) is 24.3 Å². The van der Waals surface area contributed by atoms with Crippen molar-refractivity contribution in [2.24, 2.45) is 0 Å². The molecule has 0 saturated carbocycles. The zero-order chi connectivity index (χ0) is 21.7. The molecule has 0 heterocycles. The molecule has 3 rings (SSSR count). The number of phenols is 2. The molecule has 0 aliphatic rings. The Hall–Kier alpha value is -3.80. The van der Waals surface area contributed by atoms with Crippen LogP contribution < -0.4 is 9.47 Å². The molecular weight excluding hydrogens is 384 g/mol. The van der Waals surface area contributed by atoms with Gasteiger partial charge in [-0.25, -0.2) is 0 Å². The van der Waals surface area contributed by atoms with Gasteiger partial charge in [0.2, 0.25) is 0 Å². The van der Waals surface area contributed by atoms with E-state index in [1.807, 2.05) is 24.3 Å². The van der Waals surface area contributed by atoms with Gasteiger partial charge >= 0.3 is 0 Å². The summed E-state index contributed by atoms with van der Waals surface area (Å²) in [5.74, 6) is 0.290. The van der Waals surface area contributed by atoms with E-state index in [1.54, 1.807) is 12.1 Å². The third-order valence-electron chi connectivity index (χ3n) is 4.60. The zero-order valence-corrected chi connectivity index (χ0v) is 16.7. The predicted octanol–water partition coefficient (Wildman–Crippen LogP) is 4.66. The van der Waals surface area contributed by atoms with Crippen LogP contribution in [0, 0.1) is 0 Å². The smallest absolute Gasteiger partial charge is 0.163 e. The second-order valence-electron chi connectivity index (χ2n) is 6.82. The number of benzene rings is 3. The summed E-state index contributed by atoms with van der Waals surface area (Å²) in [6.45, 7) is 3.25. The number of hydrogen-bond acceptors (Lipinski definition) is 6. The number of ether oxygens (including phenoxy) is 2. The van der Waals surface area contributed by atoms with E-state index >= 15 is 0 Å².